The zero-order chi connectivity index (χ0) is 11.0. The van der Waals surface area contributed by atoms with Crippen LogP contribution >= 0.6 is 11.6 Å². The lowest BCUT2D eigenvalue weighted by molar-refractivity contribution is 0.874. The molecule has 0 saturated heterocycles. The first-order chi connectivity index (χ1) is 7.83. The van der Waals surface area contributed by atoms with Crippen molar-refractivity contribution in [3.05, 3.63) is 47.6 Å². The highest BCUT2D eigenvalue weighted by Gasteiger charge is 2.12. The quantitative estimate of drug-likeness (QED) is 0.885. The molecule has 0 radical (unpaired) electrons. The maximum absolute atomic E-state index is 6.02. The van der Waals surface area contributed by atoms with Crippen molar-refractivity contribution in [1.82, 2.24) is 14.8 Å². The predicted octanol–water partition coefficient (Wildman–Crippen LogP) is 2.62. The summed E-state index contributed by atoms with van der Waals surface area (Å²) in [6.45, 7) is 0. The number of anilines is 1. The summed E-state index contributed by atoms with van der Waals surface area (Å²) in [5.74, 6) is 0. The van der Waals surface area contributed by atoms with Crippen LogP contribution in [0.15, 0.2) is 42.5 Å². The molecule has 0 spiro atoms. The molecule has 0 aromatic carbocycles. The van der Waals surface area contributed by atoms with Gasteiger partial charge >= 0.3 is 0 Å². The standard InChI is InChI=1S/C11H9ClN4/c12-11-10(14-8-3-4-8)7-16(15-11)9-2-1-5-13-6-9/h1-3,5-7,14H,4H2. The van der Waals surface area contributed by atoms with Gasteiger partial charge in [0.05, 0.1) is 23.8 Å². The van der Waals surface area contributed by atoms with Gasteiger partial charge in [0.25, 0.3) is 0 Å². The summed E-state index contributed by atoms with van der Waals surface area (Å²) in [7, 11) is 0. The Morgan fingerprint density at radius 1 is 1.44 bits per heavy atom. The van der Waals surface area contributed by atoms with Crippen LogP contribution in [0.5, 0.6) is 0 Å². The Morgan fingerprint density at radius 2 is 2.31 bits per heavy atom. The third-order valence-corrected chi connectivity index (χ3v) is 2.56. The monoisotopic (exact) mass is 232 g/mol. The van der Waals surface area contributed by atoms with Crippen molar-refractivity contribution in [3.63, 3.8) is 0 Å². The first kappa shape index (κ1) is 9.42. The van der Waals surface area contributed by atoms with E-state index in [0.29, 0.717) is 5.15 Å². The Morgan fingerprint density at radius 3 is 3.00 bits per heavy atom. The van der Waals surface area contributed by atoms with Crippen LogP contribution in [0.3, 0.4) is 0 Å². The van der Waals surface area contributed by atoms with Gasteiger partial charge in [-0.05, 0) is 12.1 Å². The first-order valence-electron chi connectivity index (χ1n) is 4.94. The van der Waals surface area contributed by atoms with E-state index in [0.717, 1.165) is 17.8 Å². The van der Waals surface area contributed by atoms with E-state index in [2.05, 4.69) is 21.5 Å². The van der Waals surface area contributed by atoms with Crippen LogP contribution in [0.1, 0.15) is 6.42 Å². The van der Waals surface area contributed by atoms with Gasteiger partial charge < -0.3 is 5.32 Å². The molecule has 0 fully saturated rings. The van der Waals surface area contributed by atoms with E-state index in [4.69, 9.17) is 11.6 Å². The molecular weight excluding hydrogens is 224 g/mol. The van der Waals surface area contributed by atoms with Crippen LogP contribution in [0, 0.1) is 0 Å². The van der Waals surface area contributed by atoms with E-state index in [1.165, 1.54) is 5.70 Å². The van der Waals surface area contributed by atoms with E-state index in [1.807, 2.05) is 18.3 Å². The lowest BCUT2D eigenvalue weighted by Gasteiger charge is -1.98. The van der Waals surface area contributed by atoms with Gasteiger partial charge in [-0.25, -0.2) is 4.68 Å². The molecule has 80 valence electrons. The van der Waals surface area contributed by atoms with Crippen LogP contribution in [-0.2, 0) is 0 Å². The molecule has 1 aliphatic carbocycles. The van der Waals surface area contributed by atoms with Gasteiger partial charge in [-0.2, -0.15) is 5.10 Å². The Labute approximate surface area is 97.6 Å². The van der Waals surface area contributed by atoms with Gasteiger partial charge in [0, 0.05) is 18.3 Å². The predicted molar refractivity (Wildman–Crippen MR) is 62.7 cm³/mol. The molecule has 0 amide bonds. The van der Waals surface area contributed by atoms with E-state index in [-0.39, 0.29) is 0 Å². The van der Waals surface area contributed by atoms with Gasteiger partial charge in [-0.1, -0.05) is 17.7 Å². The molecule has 2 heterocycles. The molecule has 2 aromatic heterocycles. The van der Waals surface area contributed by atoms with Crippen molar-refractivity contribution in [2.45, 2.75) is 6.42 Å². The minimum absolute atomic E-state index is 0.469. The Kier molecular flexibility index (Phi) is 2.15. The molecular formula is C11H9ClN4. The van der Waals surface area contributed by atoms with Crippen molar-refractivity contribution in [2.24, 2.45) is 0 Å². The highest BCUT2D eigenvalue weighted by Crippen LogP contribution is 2.27. The smallest absolute Gasteiger partial charge is 0.174 e. The Hall–Kier alpha value is -1.81. The summed E-state index contributed by atoms with van der Waals surface area (Å²) in [5.41, 5.74) is 2.91. The molecule has 0 unspecified atom stereocenters. The maximum atomic E-state index is 6.02. The van der Waals surface area contributed by atoms with Gasteiger partial charge in [0.15, 0.2) is 5.15 Å². The normalized spacial score (nSPS) is 13.4. The fourth-order valence-corrected chi connectivity index (χ4v) is 1.56. The third kappa shape index (κ3) is 1.79. The number of aromatic nitrogens is 3. The van der Waals surface area contributed by atoms with Crippen LogP contribution < -0.4 is 5.32 Å². The molecule has 1 N–H and O–H groups in total. The number of hydrogen-bond acceptors (Lipinski definition) is 3. The summed E-state index contributed by atoms with van der Waals surface area (Å²) < 4.78 is 1.71. The van der Waals surface area contributed by atoms with E-state index < -0.39 is 0 Å². The molecule has 3 rings (SSSR count). The highest BCUT2D eigenvalue weighted by atomic mass is 35.5. The van der Waals surface area contributed by atoms with Crippen molar-refractivity contribution in [1.29, 1.82) is 0 Å². The van der Waals surface area contributed by atoms with Gasteiger partial charge in [0.1, 0.15) is 0 Å². The summed E-state index contributed by atoms with van der Waals surface area (Å²) in [6, 6.07) is 3.79. The molecule has 1 aliphatic rings. The van der Waals surface area contributed by atoms with Gasteiger partial charge in [-0.15, -0.1) is 0 Å². The molecule has 5 heteroatoms. The summed E-state index contributed by atoms with van der Waals surface area (Å²) >= 11 is 6.02. The Bertz CT molecular complexity index is 544. The van der Waals surface area contributed by atoms with Crippen molar-refractivity contribution < 1.29 is 0 Å². The van der Waals surface area contributed by atoms with Gasteiger partial charge in [0.2, 0.25) is 0 Å². The van der Waals surface area contributed by atoms with E-state index in [1.54, 1.807) is 17.1 Å². The van der Waals surface area contributed by atoms with Crippen molar-refractivity contribution in [3.8, 4) is 5.69 Å². The molecule has 16 heavy (non-hydrogen) atoms. The van der Waals surface area contributed by atoms with Crippen LogP contribution in [-0.4, -0.2) is 14.8 Å². The van der Waals surface area contributed by atoms with Crippen LogP contribution in [0.4, 0.5) is 5.69 Å². The minimum Gasteiger partial charge on any atom is -0.355 e. The summed E-state index contributed by atoms with van der Waals surface area (Å²) in [6.07, 6.45) is 8.43. The number of nitrogens with one attached hydrogen (secondary N) is 1. The molecule has 0 bridgehead atoms. The number of allylic oxidation sites excluding steroid dienone is 2. The second-order valence-electron chi connectivity index (χ2n) is 3.55. The van der Waals surface area contributed by atoms with E-state index in [9.17, 15) is 0 Å². The van der Waals surface area contributed by atoms with Crippen molar-refractivity contribution in [2.75, 3.05) is 5.32 Å². The Balaban J connectivity index is 1.93. The first-order valence-corrected chi connectivity index (χ1v) is 5.32. The number of pyridine rings is 1. The summed E-state index contributed by atoms with van der Waals surface area (Å²) in [4.78, 5) is 4.04. The van der Waals surface area contributed by atoms with Crippen molar-refractivity contribution >= 4 is 17.3 Å². The molecule has 0 atom stereocenters. The van der Waals surface area contributed by atoms with Gasteiger partial charge in [-0.3, -0.25) is 4.98 Å². The largest absolute Gasteiger partial charge is 0.355 e. The zero-order valence-electron chi connectivity index (χ0n) is 8.39. The number of rotatable bonds is 3. The molecule has 0 saturated carbocycles. The van der Waals surface area contributed by atoms with Crippen LogP contribution in [0.25, 0.3) is 5.69 Å². The fraction of sp³-hybridized carbons (Fsp3) is 0.0909. The molecule has 4 nitrogen and oxygen atoms in total. The number of halogens is 1. The average Bonchev–Trinajstić information content (AvgIpc) is 3.05. The summed E-state index contributed by atoms with van der Waals surface area (Å²) in [5, 5.41) is 7.88. The second-order valence-corrected chi connectivity index (χ2v) is 3.91. The molecule has 0 aliphatic heterocycles. The maximum Gasteiger partial charge on any atom is 0.174 e. The third-order valence-electron chi connectivity index (χ3n) is 2.28. The minimum atomic E-state index is 0.469. The lowest BCUT2D eigenvalue weighted by atomic mass is 10.4. The highest BCUT2D eigenvalue weighted by molar-refractivity contribution is 6.32. The SMILES string of the molecule is Clc1nn(-c2cccnc2)cc1NC1=CC1. The zero-order valence-corrected chi connectivity index (χ0v) is 9.15. The fourth-order valence-electron chi connectivity index (χ4n) is 1.38. The lowest BCUT2D eigenvalue weighted by Crippen LogP contribution is -1.94. The second kappa shape index (κ2) is 3.64. The van der Waals surface area contributed by atoms with Crippen LogP contribution in [0.2, 0.25) is 5.15 Å². The van der Waals surface area contributed by atoms with E-state index >= 15 is 0 Å². The number of nitrogens with zero attached hydrogens (tertiary/aromatic N) is 3. The topological polar surface area (TPSA) is 42.7 Å². The molecule has 2 aromatic rings. The average molecular weight is 233 g/mol. The number of hydrogen-bond donors (Lipinski definition) is 1.